The van der Waals surface area contributed by atoms with Gasteiger partial charge in [0.25, 0.3) is 5.78 Å². The van der Waals surface area contributed by atoms with Crippen molar-refractivity contribution in [3.8, 4) is 5.75 Å². The first-order valence-corrected chi connectivity index (χ1v) is 12.3. The summed E-state index contributed by atoms with van der Waals surface area (Å²) in [7, 11) is 0. The van der Waals surface area contributed by atoms with E-state index in [-0.39, 0.29) is 11.3 Å². The van der Waals surface area contributed by atoms with Gasteiger partial charge in [-0.2, -0.15) is 0 Å². The van der Waals surface area contributed by atoms with Crippen LogP contribution in [0.25, 0.3) is 16.0 Å². The largest absolute Gasteiger partial charge is 0.507 e. The van der Waals surface area contributed by atoms with Crippen LogP contribution in [0.4, 0.5) is 5.13 Å². The van der Waals surface area contributed by atoms with E-state index in [2.05, 4.69) is 4.98 Å². The molecular weight excluding hydrogens is 484 g/mol. The van der Waals surface area contributed by atoms with Crippen LogP contribution in [0.3, 0.4) is 0 Å². The number of carbonyl (C=O) groups is 2. The summed E-state index contributed by atoms with van der Waals surface area (Å²) in [5.41, 5.74) is 1.75. The summed E-state index contributed by atoms with van der Waals surface area (Å²) in [4.78, 5) is 32.7. The van der Waals surface area contributed by atoms with Gasteiger partial charge in [0.15, 0.2) is 5.13 Å². The van der Waals surface area contributed by atoms with Crippen LogP contribution in [-0.4, -0.2) is 28.4 Å². The molecule has 0 bridgehead atoms. The first kappa shape index (κ1) is 23.1. The lowest BCUT2D eigenvalue weighted by Crippen LogP contribution is -2.29. The van der Waals surface area contributed by atoms with Gasteiger partial charge >= 0.3 is 5.91 Å². The zero-order valence-electron chi connectivity index (χ0n) is 18.8. The fourth-order valence-electron chi connectivity index (χ4n) is 4.08. The molecule has 0 saturated carbocycles. The van der Waals surface area contributed by atoms with E-state index in [9.17, 15) is 14.7 Å². The van der Waals surface area contributed by atoms with E-state index in [1.54, 1.807) is 54.6 Å². The summed E-state index contributed by atoms with van der Waals surface area (Å²) in [6.45, 7) is 2.55. The van der Waals surface area contributed by atoms with Gasteiger partial charge in [0.1, 0.15) is 11.5 Å². The number of anilines is 1. The van der Waals surface area contributed by atoms with Gasteiger partial charge in [0.2, 0.25) is 0 Å². The zero-order chi connectivity index (χ0) is 24.5. The molecule has 1 aromatic heterocycles. The first-order chi connectivity index (χ1) is 17.0. The molecule has 35 heavy (non-hydrogen) atoms. The lowest BCUT2D eigenvalue weighted by Gasteiger charge is -2.23. The minimum Gasteiger partial charge on any atom is -0.507 e. The molecule has 1 aliphatic heterocycles. The van der Waals surface area contributed by atoms with Crippen molar-refractivity contribution in [1.29, 1.82) is 0 Å². The van der Waals surface area contributed by atoms with Gasteiger partial charge in [0.05, 0.1) is 28.4 Å². The van der Waals surface area contributed by atoms with E-state index >= 15 is 0 Å². The standard InChI is InChI=1S/C27H21ClN2O4S/c1-2-13-34-19-10-6-9-17(14-19)23-22(24(31)16-7-4-3-5-8-16)25(32)26(33)30(23)27-29-20-12-11-18(28)15-21(20)35-27/h3-12,14-15,23,31H,2,13H2,1H3. The topological polar surface area (TPSA) is 79.7 Å². The molecule has 1 aliphatic rings. The van der Waals surface area contributed by atoms with E-state index in [1.807, 2.05) is 25.1 Å². The van der Waals surface area contributed by atoms with Crippen LogP contribution >= 0.6 is 22.9 Å². The summed E-state index contributed by atoms with van der Waals surface area (Å²) in [6.07, 6.45) is 0.838. The number of halogens is 1. The SMILES string of the molecule is CCCOc1cccc(C2C(=C(O)c3ccccc3)C(=O)C(=O)N2c2nc3ccc(Cl)cc3s2)c1. The number of carbonyl (C=O) groups excluding carboxylic acids is 2. The Morgan fingerprint density at radius 1 is 1.09 bits per heavy atom. The molecule has 3 aromatic carbocycles. The number of fused-ring (bicyclic) bond motifs is 1. The number of aliphatic hydroxyl groups is 1. The fraction of sp³-hybridized carbons (Fsp3) is 0.148. The lowest BCUT2D eigenvalue weighted by atomic mass is 9.95. The fourth-order valence-corrected chi connectivity index (χ4v) is 5.35. The van der Waals surface area contributed by atoms with Crippen LogP contribution in [0.1, 0.15) is 30.5 Å². The van der Waals surface area contributed by atoms with E-state index in [0.29, 0.717) is 39.2 Å². The number of nitrogens with zero attached hydrogens (tertiary/aromatic N) is 2. The molecule has 1 saturated heterocycles. The smallest absolute Gasteiger partial charge is 0.301 e. The summed E-state index contributed by atoms with van der Waals surface area (Å²) >= 11 is 7.41. The van der Waals surface area contributed by atoms with Crippen LogP contribution in [-0.2, 0) is 9.59 Å². The highest BCUT2D eigenvalue weighted by Crippen LogP contribution is 2.45. The van der Waals surface area contributed by atoms with Gasteiger partial charge in [0, 0.05) is 10.6 Å². The van der Waals surface area contributed by atoms with Crippen molar-refractivity contribution in [1.82, 2.24) is 4.98 Å². The maximum atomic E-state index is 13.4. The Morgan fingerprint density at radius 2 is 1.89 bits per heavy atom. The summed E-state index contributed by atoms with van der Waals surface area (Å²) in [6, 6.07) is 20.3. The van der Waals surface area contributed by atoms with Gasteiger partial charge < -0.3 is 9.84 Å². The van der Waals surface area contributed by atoms with E-state index < -0.39 is 17.7 Å². The molecule has 4 aromatic rings. The average molecular weight is 505 g/mol. The molecule has 1 atom stereocenters. The Morgan fingerprint density at radius 3 is 2.66 bits per heavy atom. The summed E-state index contributed by atoms with van der Waals surface area (Å²) in [5, 5.41) is 12.1. The maximum absolute atomic E-state index is 13.4. The number of hydrogen-bond acceptors (Lipinski definition) is 6. The van der Waals surface area contributed by atoms with Crippen LogP contribution in [0.5, 0.6) is 5.75 Å². The van der Waals surface area contributed by atoms with E-state index in [1.165, 1.54) is 16.2 Å². The number of thiazole rings is 1. The Hall–Kier alpha value is -3.68. The monoisotopic (exact) mass is 504 g/mol. The number of hydrogen-bond donors (Lipinski definition) is 1. The molecule has 1 fully saturated rings. The van der Waals surface area contributed by atoms with Crippen molar-refractivity contribution in [2.45, 2.75) is 19.4 Å². The Bertz CT molecular complexity index is 1460. The highest BCUT2D eigenvalue weighted by Gasteiger charge is 2.48. The van der Waals surface area contributed by atoms with Gasteiger partial charge in [-0.15, -0.1) is 0 Å². The van der Waals surface area contributed by atoms with Crippen molar-refractivity contribution in [2.75, 3.05) is 11.5 Å². The highest BCUT2D eigenvalue weighted by molar-refractivity contribution is 7.22. The second-order valence-electron chi connectivity index (χ2n) is 8.06. The zero-order valence-corrected chi connectivity index (χ0v) is 20.3. The molecule has 0 radical (unpaired) electrons. The van der Waals surface area contributed by atoms with Crippen molar-refractivity contribution < 1.29 is 19.4 Å². The van der Waals surface area contributed by atoms with Gasteiger partial charge in [-0.1, -0.05) is 72.3 Å². The molecule has 176 valence electrons. The number of benzene rings is 3. The van der Waals surface area contributed by atoms with Crippen LogP contribution in [0.2, 0.25) is 5.02 Å². The molecule has 2 heterocycles. The number of aromatic nitrogens is 1. The predicted octanol–water partition coefficient (Wildman–Crippen LogP) is 6.36. The molecule has 0 aliphatic carbocycles. The predicted molar refractivity (Wildman–Crippen MR) is 138 cm³/mol. The first-order valence-electron chi connectivity index (χ1n) is 11.1. The van der Waals surface area contributed by atoms with Crippen LogP contribution in [0, 0.1) is 0 Å². The van der Waals surface area contributed by atoms with Gasteiger partial charge in [-0.05, 0) is 42.3 Å². The Balaban J connectivity index is 1.70. The minimum absolute atomic E-state index is 0.00568. The van der Waals surface area contributed by atoms with E-state index in [0.717, 1.165) is 11.1 Å². The summed E-state index contributed by atoms with van der Waals surface area (Å²) in [5.74, 6) is -1.14. The quantitative estimate of drug-likeness (QED) is 0.187. The normalized spacial score (nSPS) is 17.3. The molecular formula is C27H21ClN2O4S. The Kier molecular flexibility index (Phi) is 6.28. The number of amides is 1. The van der Waals surface area contributed by atoms with Gasteiger partial charge in [-0.25, -0.2) is 4.98 Å². The molecule has 0 spiro atoms. The third-order valence-corrected chi connectivity index (χ3v) is 6.94. The molecule has 5 rings (SSSR count). The van der Waals surface area contributed by atoms with Crippen molar-refractivity contribution in [3.63, 3.8) is 0 Å². The van der Waals surface area contributed by atoms with Crippen molar-refractivity contribution in [2.24, 2.45) is 0 Å². The van der Waals surface area contributed by atoms with Crippen molar-refractivity contribution >= 4 is 55.7 Å². The van der Waals surface area contributed by atoms with E-state index in [4.69, 9.17) is 16.3 Å². The molecule has 6 nitrogen and oxygen atoms in total. The number of ether oxygens (including phenoxy) is 1. The van der Waals surface area contributed by atoms with Crippen molar-refractivity contribution in [3.05, 3.63) is 94.5 Å². The third-order valence-electron chi connectivity index (χ3n) is 5.68. The lowest BCUT2D eigenvalue weighted by molar-refractivity contribution is -0.132. The molecule has 8 heteroatoms. The maximum Gasteiger partial charge on any atom is 0.301 e. The molecule has 1 amide bonds. The number of aliphatic hydroxyl groups excluding tert-OH is 1. The molecule has 1 N–H and O–H groups in total. The Labute approximate surface area is 211 Å². The summed E-state index contributed by atoms with van der Waals surface area (Å²) < 4.78 is 6.59. The van der Waals surface area contributed by atoms with Crippen LogP contribution < -0.4 is 9.64 Å². The second-order valence-corrected chi connectivity index (χ2v) is 9.51. The number of rotatable bonds is 6. The minimum atomic E-state index is -0.878. The highest BCUT2D eigenvalue weighted by atomic mass is 35.5. The second kappa shape index (κ2) is 9.52. The average Bonchev–Trinajstić information content (AvgIpc) is 3.40. The van der Waals surface area contributed by atoms with Crippen LogP contribution in [0.15, 0.2) is 78.4 Å². The molecule has 1 unspecified atom stereocenters. The number of Topliss-reactive ketones (excluding diaryl/α,β-unsaturated/α-hetero) is 1. The van der Waals surface area contributed by atoms with Gasteiger partial charge in [-0.3, -0.25) is 14.5 Å². The third kappa shape index (κ3) is 4.29. The number of ketones is 1.